The second-order valence-corrected chi connectivity index (χ2v) is 6.08. The van der Waals surface area contributed by atoms with Gasteiger partial charge >= 0.3 is 5.97 Å². The lowest BCUT2D eigenvalue weighted by atomic mass is 10.2. The second kappa shape index (κ2) is 6.42. The number of hydrogen-bond acceptors (Lipinski definition) is 4. The van der Waals surface area contributed by atoms with E-state index in [4.69, 9.17) is 4.74 Å². The van der Waals surface area contributed by atoms with Gasteiger partial charge in [-0.1, -0.05) is 34.1 Å². The first-order valence-corrected chi connectivity index (χ1v) is 7.89. The Labute approximate surface area is 141 Å². The number of esters is 1. The van der Waals surface area contributed by atoms with Crippen molar-refractivity contribution in [2.45, 2.75) is 6.42 Å². The number of phenolic OH excluding ortho intramolecular Hbond substituents is 1. The van der Waals surface area contributed by atoms with Crippen molar-refractivity contribution in [3.63, 3.8) is 0 Å². The summed E-state index contributed by atoms with van der Waals surface area (Å²) in [4.78, 5) is 25.9. The van der Waals surface area contributed by atoms with E-state index in [2.05, 4.69) is 15.9 Å². The molecule has 0 radical (unpaired) electrons. The van der Waals surface area contributed by atoms with Crippen LogP contribution in [0, 0.1) is 0 Å². The van der Waals surface area contributed by atoms with Crippen molar-refractivity contribution in [3.8, 4) is 5.75 Å². The van der Waals surface area contributed by atoms with Gasteiger partial charge in [0, 0.05) is 16.7 Å². The molecule has 23 heavy (non-hydrogen) atoms. The van der Waals surface area contributed by atoms with E-state index in [0.29, 0.717) is 11.0 Å². The zero-order chi connectivity index (χ0) is 16.4. The Morgan fingerprint density at radius 2 is 2.00 bits per heavy atom. The van der Waals surface area contributed by atoms with E-state index in [1.165, 1.54) is 12.1 Å². The summed E-state index contributed by atoms with van der Waals surface area (Å²) in [5.41, 5.74) is 1.99. The SMILES string of the molecule is O=C(OCC(=O)N1CCc2ccccc21)c1cc(Br)ccc1O. The number of nitrogens with zero attached hydrogens (tertiary/aromatic N) is 1. The maximum atomic E-state index is 12.3. The van der Waals surface area contributed by atoms with Crippen molar-refractivity contribution in [2.24, 2.45) is 0 Å². The van der Waals surface area contributed by atoms with E-state index in [0.717, 1.165) is 17.7 Å². The number of ether oxygens (including phenoxy) is 1. The maximum absolute atomic E-state index is 12.3. The topological polar surface area (TPSA) is 66.8 Å². The third-order valence-corrected chi connectivity index (χ3v) is 4.19. The molecule has 1 heterocycles. The minimum absolute atomic E-state index is 0.0222. The number of benzene rings is 2. The number of phenols is 1. The van der Waals surface area contributed by atoms with Crippen LogP contribution >= 0.6 is 15.9 Å². The van der Waals surface area contributed by atoms with Crippen molar-refractivity contribution < 1.29 is 19.4 Å². The summed E-state index contributed by atoms with van der Waals surface area (Å²) in [7, 11) is 0. The van der Waals surface area contributed by atoms with Crippen LogP contribution in [0.25, 0.3) is 0 Å². The van der Waals surface area contributed by atoms with Crippen LogP contribution in [-0.4, -0.2) is 30.1 Å². The van der Waals surface area contributed by atoms with E-state index >= 15 is 0 Å². The van der Waals surface area contributed by atoms with Crippen molar-refractivity contribution in [3.05, 3.63) is 58.1 Å². The van der Waals surface area contributed by atoms with Gasteiger partial charge in [-0.25, -0.2) is 4.79 Å². The van der Waals surface area contributed by atoms with E-state index in [-0.39, 0.29) is 23.8 Å². The van der Waals surface area contributed by atoms with Gasteiger partial charge in [-0.15, -0.1) is 0 Å². The second-order valence-electron chi connectivity index (χ2n) is 5.16. The minimum atomic E-state index is -0.732. The van der Waals surface area contributed by atoms with E-state index in [9.17, 15) is 14.7 Å². The van der Waals surface area contributed by atoms with Crippen LogP contribution in [0.2, 0.25) is 0 Å². The van der Waals surface area contributed by atoms with Gasteiger partial charge in [-0.05, 0) is 36.2 Å². The molecule has 0 saturated carbocycles. The molecule has 1 amide bonds. The molecule has 0 spiro atoms. The molecule has 1 aliphatic heterocycles. The third kappa shape index (κ3) is 3.22. The molecule has 0 fully saturated rings. The van der Waals surface area contributed by atoms with Crippen LogP contribution in [-0.2, 0) is 16.0 Å². The van der Waals surface area contributed by atoms with Crippen LogP contribution in [0.3, 0.4) is 0 Å². The Hall–Kier alpha value is -2.34. The van der Waals surface area contributed by atoms with Crippen molar-refractivity contribution in [1.82, 2.24) is 0 Å². The first kappa shape index (κ1) is 15.6. The number of fused-ring (bicyclic) bond motifs is 1. The van der Waals surface area contributed by atoms with Crippen molar-refractivity contribution >= 4 is 33.5 Å². The number of hydrogen-bond donors (Lipinski definition) is 1. The number of rotatable bonds is 3. The molecule has 0 saturated heterocycles. The van der Waals surface area contributed by atoms with E-state index in [1.807, 2.05) is 24.3 Å². The first-order valence-electron chi connectivity index (χ1n) is 7.10. The molecule has 2 aromatic carbocycles. The predicted molar refractivity (Wildman–Crippen MR) is 88.6 cm³/mol. The summed E-state index contributed by atoms with van der Waals surface area (Å²) < 4.78 is 5.68. The standard InChI is InChI=1S/C17H14BrNO4/c18-12-5-6-15(20)13(9-12)17(22)23-10-16(21)19-8-7-11-3-1-2-4-14(11)19/h1-6,9,20H,7-8,10H2. The lowest BCUT2D eigenvalue weighted by Gasteiger charge is -2.17. The zero-order valence-corrected chi connectivity index (χ0v) is 13.7. The first-order chi connectivity index (χ1) is 11.1. The van der Waals surface area contributed by atoms with Gasteiger partial charge in [0.15, 0.2) is 6.61 Å². The van der Waals surface area contributed by atoms with Gasteiger partial charge in [-0.3, -0.25) is 4.79 Å². The molecular weight excluding hydrogens is 362 g/mol. The molecule has 118 valence electrons. The molecule has 0 unspecified atom stereocenters. The fourth-order valence-corrected chi connectivity index (χ4v) is 2.91. The highest BCUT2D eigenvalue weighted by molar-refractivity contribution is 9.10. The number of amides is 1. The highest BCUT2D eigenvalue weighted by Gasteiger charge is 2.25. The van der Waals surface area contributed by atoms with Crippen LogP contribution < -0.4 is 4.90 Å². The quantitative estimate of drug-likeness (QED) is 0.837. The highest BCUT2D eigenvalue weighted by Crippen LogP contribution is 2.27. The summed E-state index contributed by atoms with van der Waals surface area (Å²) in [5.74, 6) is -1.19. The summed E-state index contributed by atoms with van der Waals surface area (Å²) >= 11 is 3.22. The summed E-state index contributed by atoms with van der Waals surface area (Å²) in [6.45, 7) is 0.219. The van der Waals surface area contributed by atoms with Crippen molar-refractivity contribution in [1.29, 1.82) is 0 Å². The molecule has 2 aromatic rings. The average molecular weight is 376 g/mol. The number of halogens is 1. The summed E-state index contributed by atoms with van der Waals surface area (Å²) in [6, 6.07) is 12.1. The van der Waals surface area contributed by atoms with Gasteiger partial charge in [0.05, 0.1) is 0 Å². The molecule has 3 rings (SSSR count). The molecular formula is C17H14BrNO4. The highest BCUT2D eigenvalue weighted by atomic mass is 79.9. The Morgan fingerprint density at radius 3 is 2.83 bits per heavy atom. The predicted octanol–water partition coefficient (Wildman–Crippen LogP) is 2.90. The Bertz CT molecular complexity index is 775. The number of carbonyl (C=O) groups excluding carboxylic acids is 2. The number of aromatic hydroxyl groups is 1. The summed E-state index contributed by atoms with van der Waals surface area (Å²) in [6.07, 6.45) is 0.794. The number of para-hydroxylation sites is 1. The smallest absolute Gasteiger partial charge is 0.342 e. The number of anilines is 1. The Kier molecular flexibility index (Phi) is 4.34. The van der Waals surface area contributed by atoms with Crippen LogP contribution in [0.4, 0.5) is 5.69 Å². The van der Waals surface area contributed by atoms with Gasteiger partial charge < -0.3 is 14.7 Å². The van der Waals surface area contributed by atoms with E-state index in [1.54, 1.807) is 11.0 Å². The maximum Gasteiger partial charge on any atom is 0.342 e. The normalized spacial score (nSPS) is 12.8. The lowest BCUT2D eigenvalue weighted by Crippen LogP contribution is -2.33. The van der Waals surface area contributed by atoms with E-state index < -0.39 is 5.97 Å². The largest absolute Gasteiger partial charge is 0.507 e. The van der Waals surface area contributed by atoms with Crippen LogP contribution in [0.5, 0.6) is 5.75 Å². The molecule has 5 nitrogen and oxygen atoms in total. The lowest BCUT2D eigenvalue weighted by molar-refractivity contribution is -0.121. The molecule has 1 aliphatic rings. The number of carbonyl (C=O) groups is 2. The van der Waals surface area contributed by atoms with Gasteiger partial charge in [-0.2, -0.15) is 0 Å². The summed E-state index contributed by atoms with van der Waals surface area (Å²) in [5, 5.41) is 9.70. The van der Waals surface area contributed by atoms with Gasteiger partial charge in [0.2, 0.25) is 0 Å². The molecule has 1 N–H and O–H groups in total. The zero-order valence-electron chi connectivity index (χ0n) is 12.2. The minimum Gasteiger partial charge on any atom is -0.507 e. The fraction of sp³-hybridized carbons (Fsp3) is 0.176. The van der Waals surface area contributed by atoms with Crippen LogP contribution in [0.15, 0.2) is 46.9 Å². The monoisotopic (exact) mass is 375 g/mol. The van der Waals surface area contributed by atoms with Gasteiger partial charge in [0.1, 0.15) is 11.3 Å². The Balaban J connectivity index is 1.66. The van der Waals surface area contributed by atoms with Gasteiger partial charge in [0.25, 0.3) is 5.91 Å². The molecule has 0 atom stereocenters. The third-order valence-electron chi connectivity index (χ3n) is 3.69. The molecule has 0 aliphatic carbocycles. The molecule has 0 bridgehead atoms. The molecule has 0 aromatic heterocycles. The fourth-order valence-electron chi connectivity index (χ4n) is 2.55. The van der Waals surface area contributed by atoms with Crippen LogP contribution in [0.1, 0.15) is 15.9 Å². The Morgan fingerprint density at radius 1 is 1.22 bits per heavy atom. The average Bonchev–Trinajstić information content (AvgIpc) is 2.98. The molecule has 6 heteroatoms. The van der Waals surface area contributed by atoms with Crippen molar-refractivity contribution in [2.75, 3.05) is 18.1 Å².